The van der Waals surface area contributed by atoms with Crippen molar-refractivity contribution in [3.8, 4) is 0 Å². The first-order valence-electron chi connectivity index (χ1n) is 13.2. The summed E-state index contributed by atoms with van der Waals surface area (Å²) in [4.78, 5) is 0. The zero-order valence-electron chi connectivity index (χ0n) is 19.8. The molecule has 4 heteroatoms. The van der Waals surface area contributed by atoms with Gasteiger partial charge in [0, 0.05) is 13.2 Å². The Morgan fingerprint density at radius 1 is 0.600 bits per heavy atom. The molecule has 0 radical (unpaired) electrons. The second-order valence-electron chi connectivity index (χ2n) is 9.79. The maximum absolute atomic E-state index is 9.05. The molecule has 0 aromatic heterocycles. The molecule has 0 aromatic rings. The number of hydrogen-bond acceptors (Lipinski definition) is 4. The minimum absolute atomic E-state index is 0.0272. The lowest BCUT2D eigenvalue weighted by Gasteiger charge is -2.35. The lowest BCUT2D eigenvalue weighted by molar-refractivity contribution is -0.0949. The van der Waals surface area contributed by atoms with Gasteiger partial charge in [-0.2, -0.15) is 0 Å². The number of aliphatic hydroxyl groups is 3. The molecule has 1 saturated carbocycles. The third-order valence-electron chi connectivity index (χ3n) is 7.04. The monoisotopic (exact) mass is 428 g/mol. The molecular weight excluding hydrogens is 376 g/mol. The zero-order chi connectivity index (χ0) is 21.8. The minimum atomic E-state index is -1.34. The highest BCUT2D eigenvalue weighted by Gasteiger charge is 2.28. The molecule has 30 heavy (non-hydrogen) atoms. The molecule has 1 aliphatic rings. The van der Waals surface area contributed by atoms with Gasteiger partial charge in [0.2, 0.25) is 0 Å². The van der Waals surface area contributed by atoms with Gasteiger partial charge in [0.25, 0.3) is 0 Å². The third-order valence-corrected chi connectivity index (χ3v) is 7.04. The SMILES string of the molecule is OCCCCCCC1(CCCCCCOCC(O)O)CCCCCCCCCCC1. The summed E-state index contributed by atoms with van der Waals surface area (Å²) < 4.78 is 5.26. The van der Waals surface area contributed by atoms with E-state index in [1.807, 2.05) is 0 Å². The highest BCUT2D eigenvalue weighted by atomic mass is 16.5. The molecule has 4 nitrogen and oxygen atoms in total. The summed E-state index contributed by atoms with van der Waals surface area (Å²) in [5.74, 6) is 0. The first kappa shape index (κ1) is 27.9. The standard InChI is InChI=1S/C26H52O4/c27-22-16-10-8-14-20-26(21-15-9-11-17-23-30-24-25(28)29)18-12-6-4-2-1-3-5-7-13-19-26/h25,27-29H,1-24H2. The molecule has 0 spiro atoms. The van der Waals surface area contributed by atoms with E-state index < -0.39 is 6.29 Å². The maximum atomic E-state index is 9.05. The van der Waals surface area contributed by atoms with Crippen LogP contribution in [0.5, 0.6) is 0 Å². The number of aliphatic hydroxyl groups excluding tert-OH is 2. The van der Waals surface area contributed by atoms with Crippen LogP contribution in [-0.2, 0) is 4.74 Å². The first-order chi connectivity index (χ1) is 14.7. The molecule has 0 saturated heterocycles. The van der Waals surface area contributed by atoms with E-state index in [-0.39, 0.29) is 6.61 Å². The molecule has 1 aliphatic carbocycles. The molecular formula is C26H52O4. The van der Waals surface area contributed by atoms with Crippen molar-refractivity contribution in [1.82, 2.24) is 0 Å². The summed E-state index contributed by atoms with van der Waals surface area (Å²) in [6.07, 6.45) is 26.6. The van der Waals surface area contributed by atoms with Crippen molar-refractivity contribution in [3.63, 3.8) is 0 Å². The van der Waals surface area contributed by atoms with Gasteiger partial charge >= 0.3 is 0 Å². The second kappa shape index (κ2) is 19.5. The van der Waals surface area contributed by atoms with E-state index in [1.54, 1.807) is 0 Å². The van der Waals surface area contributed by atoms with Gasteiger partial charge in [0.05, 0.1) is 6.61 Å². The van der Waals surface area contributed by atoms with E-state index >= 15 is 0 Å². The average molecular weight is 429 g/mol. The molecule has 0 atom stereocenters. The number of unbranched alkanes of at least 4 members (excludes halogenated alkanes) is 6. The molecule has 1 fully saturated rings. The van der Waals surface area contributed by atoms with Crippen molar-refractivity contribution in [2.75, 3.05) is 19.8 Å². The van der Waals surface area contributed by atoms with E-state index in [4.69, 9.17) is 20.1 Å². The van der Waals surface area contributed by atoms with Gasteiger partial charge in [-0.1, -0.05) is 96.3 Å². The van der Waals surface area contributed by atoms with E-state index in [1.165, 1.54) is 122 Å². The smallest absolute Gasteiger partial charge is 0.175 e. The van der Waals surface area contributed by atoms with Crippen LogP contribution in [0.4, 0.5) is 0 Å². The Morgan fingerprint density at radius 2 is 1.07 bits per heavy atom. The summed E-state index contributed by atoms with van der Waals surface area (Å²) in [7, 11) is 0. The van der Waals surface area contributed by atoms with Crippen LogP contribution in [0.3, 0.4) is 0 Å². The van der Waals surface area contributed by atoms with Crippen molar-refractivity contribution in [1.29, 1.82) is 0 Å². The van der Waals surface area contributed by atoms with Gasteiger partial charge in [-0.3, -0.25) is 0 Å². The fourth-order valence-electron chi connectivity index (χ4n) is 5.20. The van der Waals surface area contributed by atoms with Crippen LogP contribution >= 0.6 is 0 Å². The molecule has 0 amide bonds. The fourth-order valence-corrected chi connectivity index (χ4v) is 5.20. The number of ether oxygens (including phenoxy) is 1. The van der Waals surface area contributed by atoms with Crippen molar-refractivity contribution in [2.24, 2.45) is 5.41 Å². The largest absolute Gasteiger partial charge is 0.396 e. The fraction of sp³-hybridized carbons (Fsp3) is 1.00. The number of rotatable bonds is 15. The summed E-state index contributed by atoms with van der Waals surface area (Å²) >= 11 is 0. The van der Waals surface area contributed by atoms with Crippen LogP contribution in [0.15, 0.2) is 0 Å². The summed E-state index contributed by atoms with van der Waals surface area (Å²) in [5, 5.41) is 26.7. The van der Waals surface area contributed by atoms with E-state index in [0.29, 0.717) is 18.6 Å². The van der Waals surface area contributed by atoms with Crippen LogP contribution in [0, 0.1) is 5.41 Å². The predicted octanol–water partition coefficient (Wildman–Crippen LogP) is 6.50. The lowest BCUT2D eigenvalue weighted by atomic mass is 9.70. The minimum Gasteiger partial charge on any atom is -0.396 e. The van der Waals surface area contributed by atoms with Crippen LogP contribution in [0.25, 0.3) is 0 Å². The van der Waals surface area contributed by atoms with Gasteiger partial charge < -0.3 is 20.1 Å². The number of hydrogen-bond donors (Lipinski definition) is 3. The quantitative estimate of drug-likeness (QED) is 0.206. The van der Waals surface area contributed by atoms with Gasteiger partial charge in [-0.15, -0.1) is 0 Å². The topological polar surface area (TPSA) is 69.9 Å². The van der Waals surface area contributed by atoms with Gasteiger partial charge in [-0.25, -0.2) is 0 Å². The van der Waals surface area contributed by atoms with Gasteiger partial charge in [-0.05, 0) is 43.9 Å². The van der Waals surface area contributed by atoms with Crippen molar-refractivity contribution < 1.29 is 20.1 Å². The van der Waals surface area contributed by atoms with Crippen LogP contribution in [-0.4, -0.2) is 41.4 Å². The molecule has 0 heterocycles. The Morgan fingerprint density at radius 3 is 1.57 bits per heavy atom. The normalized spacial score (nSPS) is 18.8. The Bertz CT molecular complexity index is 347. The van der Waals surface area contributed by atoms with E-state index in [9.17, 15) is 0 Å². The molecule has 3 N–H and O–H groups in total. The van der Waals surface area contributed by atoms with Crippen molar-refractivity contribution in [2.45, 2.75) is 141 Å². The third kappa shape index (κ3) is 15.6. The highest BCUT2D eigenvalue weighted by Crippen LogP contribution is 2.42. The second-order valence-corrected chi connectivity index (χ2v) is 9.79. The van der Waals surface area contributed by atoms with Crippen LogP contribution in [0.2, 0.25) is 0 Å². The zero-order valence-corrected chi connectivity index (χ0v) is 19.8. The summed E-state index contributed by atoms with van der Waals surface area (Å²) in [6.45, 7) is 0.999. The Kier molecular flexibility index (Phi) is 18.1. The van der Waals surface area contributed by atoms with Gasteiger partial charge in [0.1, 0.15) is 0 Å². The van der Waals surface area contributed by atoms with E-state index in [2.05, 4.69) is 0 Å². The lowest BCUT2D eigenvalue weighted by Crippen LogP contribution is -2.22. The Balaban J connectivity index is 2.43. The predicted molar refractivity (Wildman–Crippen MR) is 126 cm³/mol. The highest BCUT2D eigenvalue weighted by molar-refractivity contribution is 4.80. The van der Waals surface area contributed by atoms with Gasteiger partial charge in [0.15, 0.2) is 6.29 Å². The van der Waals surface area contributed by atoms with Crippen LogP contribution < -0.4 is 0 Å². The Labute approximate surface area is 186 Å². The van der Waals surface area contributed by atoms with Crippen molar-refractivity contribution in [3.05, 3.63) is 0 Å². The molecule has 0 bridgehead atoms. The molecule has 180 valence electrons. The Hall–Kier alpha value is -0.160. The average Bonchev–Trinajstić information content (AvgIpc) is 2.72. The molecule has 1 rings (SSSR count). The molecule has 0 aromatic carbocycles. The summed E-state index contributed by atoms with van der Waals surface area (Å²) in [6, 6.07) is 0. The van der Waals surface area contributed by atoms with E-state index in [0.717, 1.165) is 12.8 Å². The molecule has 0 aliphatic heterocycles. The first-order valence-corrected chi connectivity index (χ1v) is 13.2. The van der Waals surface area contributed by atoms with Crippen LogP contribution in [0.1, 0.15) is 135 Å². The summed E-state index contributed by atoms with van der Waals surface area (Å²) in [5.41, 5.74) is 0.551. The molecule has 0 unspecified atom stereocenters. The van der Waals surface area contributed by atoms with Crippen molar-refractivity contribution >= 4 is 0 Å². The maximum Gasteiger partial charge on any atom is 0.175 e.